The summed E-state index contributed by atoms with van der Waals surface area (Å²) < 4.78 is 10.4. The highest BCUT2D eigenvalue weighted by molar-refractivity contribution is 6.46. The Morgan fingerprint density at radius 1 is 1.10 bits per heavy atom. The van der Waals surface area contributed by atoms with Gasteiger partial charge in [0.2, 0.25) is 0 Å². The molecule has 29 heavy (non-hydrogen) atoms. The van der Waals surface area contributed by atoms with Crippen molar-refractivity contribution in [2.75, 3.05) is 27.4 Å². The molecule has 0 bridgehead atoms. The van der Waals surface area contributed by atoms with Crippen molar-refractivity contribution in [1.29, 1.82) is 0 Å². The number of carbonyl (C=O) groups excluding carboxylic acids is 2. The van der Waals surface area contributed by atoms with Crippen LogP contribution in [0.1, 0.15) is 29.2 Å². The third kappa shape index (κ3) is 4.17. The van der Waals surface area contributed by atoms with Crippen LogP contribution in [0.2, 0.25) is 0 Å². The van der Waals surface area contributed by atoms with Gasteiger partial charge in [0.1, 0.15) is 11.5 Å². The van der Waals surface area contributed by atoms with E-state index in [2.05, 4.69) is 0 Å². The Hall–Kier alpha value is -3.12. The van der Waals surface area contributed by atoms with Crippen molar-refractivity contribution < 1.29 is 24.2 Å². The largest absolute Gasteiger partial charge is 0.507 e. The summed E-state index contributed by atoms with van der Waals surface area (Å²) in [6.45, 7) is 2.74. The molecule has 0 unspecified atom stereocenters. The van der Waals surface area contributed by atoms with Gasteiger partial charge in [-0.25, -0.2) is 0 Å². The number of Topliss-reactive ketones (excluding diaryl/α,β-unsaturated/α-hetero) is 1. The quantitative estimate of drug-likeness (QED) is 0.336. The second-order valence-corrected chi connectivity index (χ2v) is 6.98. The number of nitrogens with zero attached hydrogens (tertiary/aromatic N) is 1. The number of likely N-dealkylation sites (tertiary alicyclic amines) is 1. The lowest BCUT2D eigenvalue weighted by molar-refractivity contribution is -0.140. The SMILES string of the molecule is COCCCN1C(=O)C(=O)C(=C(O)c2ccc(C)cc2)[C@@H]1c1cccc(OC)c1. The first-order valence-corrected chi connectivity index (χ1v) is 9.46. The summed E-state index contributed by atoms with van der Waals surface area (Å²) >= 11 is 0. The van der Waals surface area contributed by atoms with Crippen molar-refractivity contribution in [3.05, 3.63) is 70.8 Å². The molecule has 152 valence electrons. The van der Waals surface area contributed by atoms with Crippen molar-refractivity contribution in [3.63, 3.8) is 0 Å². The van der Waals surface area contributed by atoms with Gasteiger partial charge in [-0.1, -0.05) is 42.0 Å². The van der Waals surface area contributed by atoms with Crippen molar-refractivity contribution in [3.8, 4) is 5.75 Å². The first-order valence-electron chi connectivity index (χ1n) is 9.46. The first kappa shape index (κ1) is 20.6. The number of carbonyl (C=O) groups is 2. The molecular weight excluding hydrogens is 370 g/mol. The fraction of sp³-hybridized carbons (Fsp3) is 0.304. The lowest BCUT2D eigenvalue weighted by Crippen LogP contribution is -2.31. The highest BCUT2D eigenvalue weighted by Crippen LogP contribution is 2.40. The predicted molar refractivity (Wildman–Crippen MR) is 110 cm³/mol. The van der Waals surface area contributed by atoms with Crippen LogP contribution in [0.5, 0.6) is 5.75 Å². The summed E-state index contributed by atoms with van der Waals surface area (Å²) in [5.41, 5.74) is 2.32. The van der Waals surface area contributed by atoms with Gasteiger partial charge in [0.15, 0.2) is 0 Å². The van der Waals surface area contributed by atoms with Crippen LogP contribution in [-0.4, -0.2) is 49.1 Å². The van der Waals surface area contributed by atoms with Crippen molar-refractivity contribution >= 4 is 17.4 Å². The third-order valence-electron chi connectivity index (χ3n) is 5.02. The summed E-state index contributed by atoms with van der Waals surface area (Å²) in [4.78, 5) is 27.2. The fourth-order valence-corrected chi connectivity index (χ4v) is 3.51. The van der Waals surface area contributed by atoms with Crippen LogP contribution >= 0.6 is 0 Å². The molecule has 1 amide bonds. The molecule has 2 aromatic carbocycles. The Morgan fingerprint density at radius 2 is 1.83 bits per heavy atom. The molecule has 0 radical (unpaired) electrons. The molecule has 1 heterocycles. The normalized spacial score (nSPS) is 18.3. The minimum Gasteiger partial charge on any atom is -0.507 e. The summed E-state index contributed by atoms with van der Waals surface area (Å²) in [5, 5.41) is 11.0. The standard InChI is InChI=1S/C23H25NO5/c1-15-8-10-16(11-9-15)21(25)19-20(17-6-4-7-18(14-17)29-3)24(12-5-13-28-2)23(27)22(19)26/h4,6-11,14,20,25H,5,12-13H2,1-3H3/t20-/m0/s1. The van der Waals surface area contributed by atoms with Gasteiger partial charge in [-0.05, 0) is 31.0 Å². The van der Waals surface area contributed by atoms with Crippen LogP contribution in [0.25, 0.3) is 5.76 Å². The van der Waals surface area contributed by atoms with Gasteiger partial charge >= 0.3 is 0 Å². The molecule has 0 aromatic heterocycles. The van der Waals surface area contributed by atoms with Crippen molar-refractivity contribution in [1.82, 2.24) is 4.90 Å². The Labute approximate surface area is 170 Å². The topological polar surface area (TPSA) is 76.1 Å². The maximum atomic E-state index is 12.9. The molecule has 1 atom stereocenters. The molecule has 6 heteroatoms. The molecule has 0 spiro atoms. The molecular formula is C23H25NO5. The van der Waals surface area contributed by atoms with Crippen LogP contribution in [0, 0.1) is 6.92 Å². The zero-order valence-electron chi connectivity index (χ0n) is 16.8. The van der Waals surface area contributed by atoms with E-state index in [0.717, 1.165) is 5.56 Å². The van der Waals surface area contributed by atoms with Crippen LogP contribution in [0.3, 0.4) is 0 Å². The molecule has 1 aliphatic heterocycles. The number of benzene rings is 2. The van der Waals surface area contributed by atoms with E-state index >= 15 is 0 Å². The number of aliphatic hydroxyl groups is 1. The Kier molecular flexibility index (Phi) is 6.34. The van der Waals surface area contributed by atoms with Crippen LogP contribution in [0.15, 0.2) is 54.1 Å². The maximum absolute atomic E-state index is 12.9. The number of aliphatic hydroxyl groups excluding tert-OH is 1. The molecule has 3 rings (SSSR count). The molecule has 1 aliphatic rings. The summed E-state index contributed by atoms with van der Waals surface area (Å²) in [6, 6.07) is 13.7. The molecule has 6 nitrogen and oxygen atoms in total. The van der Waals surface area contributed by atoms with Gasteiger partial charge in [0.05, 0.1) is 18.7 Å². The zero-order valence-corrected chi connectivity index (χ0v) is 16.8. The minimum absolute atomic E-state index is 0.0875. The summed E-state index contributed by atoms with van der Waals surface area (Å²) in [6.07, 6.45) is 0.578. The van der Waals surface area contributed by atoms with E-state index in [1.54, 1.807) is 44.6 Å². The van der Waals surface area contributed by atoms with Crippen molar-refractivity contribution in [2.24, 2.45) is 0 Å². The lowest BCUT2D eigenvalue weighted by Gasteiger charge is -2.25. The predicted octanol–water partition coefficient (Wildman–Crippen LogP) is 3.46. The molecule has 0 saturated carbocycles. The number of hydrogen-bond donors (Lipinski definition) is 1. The number of ketones is 1. The highest BCUT2D eigenvalue weighted by Gasteiger charge is 2.45. The lowest BCUT2D eigenvalue weighted by atomic mass is 9.95. The van der Waals surface area contributed by atoms with Crippen LogP contribution in [0.4, 0.5) is 0 Å². The molecule has 0 aliphatic carbocycles. The van der Waals surface area contributed by atoms with Gasteiger partial charge in [-0.15, -0.1) is 0 Å². The van der Waals surface area contributed by atoms with Gasteiger partial charge in [0, 0.05) is 25.8 Å². The number of rotatable bonds is 7. The van der Waals surface area contributed by atoms with Gasteiger partial charge in [0.25, 0.3) is 11.7 Å². The molecule has 1 fully saturated rings. The van der Waals surface area contributed by atoms with E-state index in [-0.39, 0.29) is 11.3 Å². The Morgan fingerprint density at radius 3 is 2.48 bits per heavy atom. The van der Waals surface area contributed by atoms with Crippen molar-refractivity contribution in [2.45, 2.75) is 19.4 Å². The fourth-order valence-electron chi connectivity index (χ4n) is 3.51. The number of methoxy groups -OCH3 is 2. The summed E-state index contributed by atoms with van der Waals surface area (Å²) in [7, 11) is 3.14. The number of aryl methyl sites for hydroxylation is 1. The van der Waals surface area contributed by atoms with Gasteiger partial charge in [-0.3, -0.25) is 9.59 Å². The van der Waals surface area contributed by atoms with E-state index < -0.39 is 17.7 Å². The van der Waals surface area contributed by atoms with E-state index in [4.69, 9.17) is 9.47 Å². The second-order valence-electron chi connectivity index (χ2n) is 6.98. The number of ether oxygens (including phenoxy) is 2. The molecule has 1 N–H and O–H groups in total. The van der Waals surface area contributed by atoms with E-state index in [0.29, 0.717) is 36.4 Å². The smallest absolute Gasteiger partial charge is 0.295 e. The van der Waals surface area contributed by atoms with Gasteiger partial charge in [-0.2, -0.15) is 0 Å². The monoisotopic (exact) mass is 395 g/mol. The van der Waals surface area contributed by atoms with Crippen LogP contribution < -0.4 is 4.74 Å². The van der Waals surface area contributed by atoms with E-state index in [1.165, 1.54) is 4.90 Å². The Balaban J connectivity index is 2.12. The second kappa shape index (κ2) is 8.92. The molecule has 1 saturated heterocycles. The van der Waals surface area contributed by atoms with E-state index in [1.807, 2.05) is 25.1 Å². The number of hydrogen-bond acceptors (Lipinski definition) is 5. The average Bonchev–Trinajstić information content (AvgIpc) is 2.99. The minimum atomic E-state index is -0.691. The molecule has 2 aromatic rings. The summed E-state index contributed by atoms with van der Waals surface area (Å²) in [5.74, 6) is -0.873. The van der Waals surface area contributed by atoms with Gasteiger partial charge < -0.3 is 19.5 Å². The highest BCUT2D eigenvalue weighted by atomic mass is 16.5. The average molecular weight is 395 g/mol. The third-order valence-corrected chi connectivity index (χ3v) is 5.02. The zero-order chi connectivity index (χ0) is 21.0. The Bertz CT molecular complexity index is 933. The maximum Gasteiger partial charge on any atom is 0.295 e. The van der Waals surface area contributed by atoms with E-state index in [9.17, 15) is 14.7 Å². The van der Waals surface area contributed by atoms with Crippen LogP contribution in [-0.2, 0) is 14.3 Å². The number of amides is 1. The first-order chi connectivity index (χ1) is 14.0.